The van der Waals surface area contributed by atoms with E-state index in [1.807, 2.05) is 72.8 Å². The average Bonchev–Trinajstić information content (AvgIpc) is 4.03. The van der Waals surface area contributed by atoms with Gasteiger partial charge in [-0.05, 0) is 105 Å². The molecule has 0 aliphatic heterocycles. The van der Waals surface area contributed by atoms with Crippen LogP contribution in [0.25, 0.3) is 67.4 Å². The molecule has 56 heavy (non-hydrogen) atoms. The van der Waals surface area contributed by atoms with Crippen molar-refractivity contribution in [3.05, 3.63) is 210 Å². The predicted octanol–water partition coefficient (Wildman–Crippen LogP) is 13.1. The van der Waals surface area contributed by atoms with Crippen LogP contribution in [0, 0.1) is 0 Å². The van der Waals surface area contributed by atoms with E-state index in [0.717, 1.165) is 39.2 Å². The molecule has 2 aliphatic rings. The van der Waals surface area contributed by atoms with Crippen LogP contribution in [0.5, 0.6) is 0 Å². The van der Waals surface area contributed by atoms with Gasteiger partial charge >= 0.3 is 0 Å². The zero-order valence-corrected chi connectivity index (χ0v) is 30.1. The number of oxazole rings is 2. The third-order valence-corrected chi connectivity index (χ3v) is 11.5. The lowest BCUT2D eigenvalue weighted by Gasteiger charge is -2.32. The Hall–Kier alpha value is -7.50. The summed E-state index contributed by atoms with van der Waals surface area (Å²) in [5, 5.41) is 0. The predicted molar refractivity (Wildman–Crippen MR) is 223 cm³/mol. The molecule has 0 N–H and O–H groups in total. The van der Waals surface area contributed by atoms with Gasteiger partial charge < -0.3 is 13.7 Å². The van der Waals surface area contributed by atoms with Crippen LogP contribution < -0.4 is 4.90 Å². The number of anilines is 3. The number of hydrogen-bond acceptors (Lipinski definition) is 5. The molecule has 1 spiro atoms. The monoisotopic (exact) mass is 717 g/mol. The molecule has 0 saturated heterocycles. The first-order chi connectivity index (χ1) is 27.7. The summed E-state index contributed by atoms with van der Waals surface area (Å²) < 4.78 is 12.9. The summed E-state index contributed by atoms with van der Waals surface area (Å²) in [6.07, 6.45) is 0. The van der Waals surface area contributed by atoms with Gasteiger partial charge in [0.1, 0.15) is 11.0 Å². The first-order valence-electron chi connectivity index (χ1n) is 18.9. The number of aromatic nitrogens is 2. The van der Waals surface area contributed by atoms with Crippen LogP contribution in [-0.2, 0) is 5.41 Å². The minimum absolute atomic E-state index is 0.472. The maximum absolute atomic E-state index is 6.44. The lowest BCUT2D eigenvalue weighted by Crippen LogP contribution is -2.26. The molecule has 2 aromatic heterocycles. The normalized spacial score (nSPS) is 13.1. The van der Waals surface area contributed by atoms with Gasteiger partial charge in [-0.25, -0.2) is 9.97 Å². The fraction of sp³-hybridized carbons (Fsp3) is 0.0196. The molecule has 5 heteroatoms. The summed E-state index contributed by atoms with van der Waals surface area (Å²) in [5.41, 5.74) is 17.6. The van der Waals surface area contributed by atoms with Gasteiger partial charge in [0.15, 0.2) is 11.2 Å². The van der Waals surface area contributed by atoms with E-state index in [4.69, 9.17) is 18.8 Å². The molecule has 0 bridgehead atoms. The zero-order chi connectivity index (χ0) is 36.8. The highest BCUT2D eigenvalue weighted by molar-refractivity contribution is 5.97. The minimum atomic E-state index is -0.472. The molecule has 0 unspecified atom stereocenters. The van der Waals surface area contributed by atoms with Crippen molar-refractivity contribution in [2.75, 3.05) is 4.90 Å². The Labute approximate surface area is 322 Å². The van der Waals surface area contributed by atoms with Crippen molar-refractivity contribution in [2.24, 2.45) is 0 Å². The van der Waals surface area contributed by atoms with E-state index in [1.165, 1.54) is 44.5 Å². The van der Waals surface area contributed by atoms with Gasteiger partial charge in [0.05, 0.1) is 5.41 Å². The molecule has 12 rings (SSSR count). The van der Waals surface area contributed by atoms with Gasteiger partial charge in [-0.1, -0.05) is 115 Å². The number of fused-ring (bicyclic) bond motifs is 12. The van der Waals surface area contributed by atoms with Crippen LogP contribution in [0.2, 0.25) is 0 Å². The molecule has 5 nitrogen and oxygen atoms in total. The highest BCUT2D eigenvalue weighted by atomic mass is 16.4. The first-order valence-corrected chi connectivity index (χ1v) is 18.9. The fourth-order valence-corrected chi connectivity index (χ4v) is 9.18. The molecular formula is C51H31N3O2. The van der Waals surface area contributed by atoms with Gasteiger partial charge in [-0.2, -0.15) is 0 Å². The van der Waals surface area contributed by atoms with E-state index in [2.05, 4.69) is 120 Å². The molecule has 0 radical (unpaired) electrons. The van der Waals surface area contributed by atoms with Crippen LogP contribution in [0.1, 0.15) is 22.3 Å². The summed E-state index contributed by atoms with van der Waals surface area (Å²) in [6.45, 7) is 0. The molecule has 10 aromatic rings. The molecule has 0 fully saturated rings. The smallest absolute Gasteiger partial charge is 0.227 e. The minimum Gasteiger partial charge on any atom is -0.436 e. The van der Waals surface area contributed by atoms with E-state index < -0.39 is 5.41 Å². The SMILES string of the molecule is c1ccc(-c2nc3ccc(N(c4ccc5c(c4)C4(c6ccccc6-c6ccccc64)c4ccccc4-5)c4ccc5nc(-c6ccccc6)oc5c4)cc3o2)cc1. The van der Waals surface area contributed by atoms with Gasteiger partial charge in [-0.3, -0.25) is 0 Å². The Morgan fingerprint density at radius 1 is 0.357 bits per heavy atom. The average molecular weight is 718 g/mol. The van der Waals surface area contributed by atoms with E-state index in [0.29, 0.717) is 22.9 Å². The number of benzene rings is 8. The maximum Gasteiger partial charge on any atom is 0.227 e. The maximum atomic E-state index is 6.44. The van der Waals surface area contributed by atoms with Crippen molar-refractivity contribution < 1.29 is 8.83 Å². The molecule has 2 aliphatic carbocycles. The second-order valence-electron chi connectivity index (χ2n) is 14.5. The van der Waals surface area contributed by atoms with Crippen LogP contribution in [0.4, 0.5) is 17.1 Å². The molecule has 262 valence electrons. The first kappa shape index (κ1) is 30.9. The zero-order valence-electron chi connectivity index (χ0n) is 30.1. The Balaban J connectivity index is 1.09. The molecule has 2 heterocycles. The third kappa shape index (κ3) is 4.37. The second-order valence-corrected chi connectivity index (χ2v) is 14.5. The Bertz CT molecular complexity index is 2980. The second kappa shape index (κ2) is 11.7. The van der Waals surface area contributed by atoms with Crippen LogP contribution in [-0.4, -0.2) is 9.97 Å². The summed E-state index contributed by atoms with van der Waals surface area (Å²) in [7, 11) is 0. The summed E-state index contributed by atoms with van der Waals surface area (Å²) in [5.74, 6) is 1.19. The highest BCUT2D eigenvalue weighted by Gasteiger charge is 2.51. The molecular weight excluding hydrogens is 687 g/mol. The number of hydrogen-bond donors (Lipinski definition) is 0. The summed E-state index contributed by atoms with van der Waals surface area (Å²) in [6, 6.07) is 66.3. The van der Waals surface area contributed by atoms with E-state index in [-0.39, 0.29) is 0 Å². The molecule has 0 atom stereocenters. The van der Waals surface area contributed by atoms with Crippen molar-refractivity contribution in [2.45, 2.75) is 5.41 Å². The van der Waals surface area contributed by atoms with Crippen molar-refractivity contribution in [3.63, 3.8) is 0 Å². The molecule has 0 saturated carbocycles. The number of rotatable bonds is 5. The fourth-order valence-electron chi connectivity index (χ4n) is 9.18. The van der Waals surface area contributed by atoms with E-state index in [1.54, 1.807) is 0 Å². The van der Waals surface area contributed by atoms with Crippen LogP contribution in [0.15, 0.2) is 197 Å². The van der Waals surface area contributed by atoms with Crippen molar-refractivity contribution in [1.29, 1.82) is 0 Å². The van der Waals surface area contributed by atoms with E-state index >= 15 is 0 Å². The standard InChI is InChI=1S/C51H31N3O2/c1-3-13-32(14-4-1)49-52-45-27-24-35(30-47(45)55-49)54(36-25-28-46-48(31-36)56-50(53-46)33-15-5-2-6-16-33)34-23-26-40-39-19-9-12-22-43(39)51(44(40)29-34)41-20-10-7-17-37(41)38-18-8-11-21-42(38)51/h1-31H. The third-order valence-electron chi connectivity index (χ3n) is 11.5. The number of nitrogens with zero attached hydrogens (tertiary/aromatic N) is 3. The largest absolute Gasteiger partial charge is 0.436 e. The molecule has 8 aromatic carbocycles. The Kier molecular flexibility index (Phi) is 6.48. The Morgan fingerprint density at radius 2 is 0.750 bits per heavy atom. The highest BCUT2D eigenvalue weighted by Crippen LogP contribution is 2.63. The van der Waals surface area contributed by atoms with Gasteiger partial charge in [0, 0.05) is 40.3 Å². The summed E-state index contributed by atoms with van der Waals surface area (Å²) >= 11 is 0. The van der Waals surface area contributed by atoms with Gasteiger partial charge in [-0.15, -0.1) is 0 Å². The lowest BCUT2D eigenvalue weighted by molar-refractivity contribution is 0.620. The van der Waals surface area contributed by atoms with Crippen molar-refractivity contribution in [1.82, 2.24) is 9.97 Å². The van der Waals surface area contributed by atoms with Crippen molar-refractivity contribution in [3.8, 4) is 45.2 Å². The van der Waals surface area contributed by atoms with E-state index in [9.17, 15) is 0 Å². The van der Waals surface area contributed by atoms with Gasteiger partial charge in [0.25, 0.3) is 0 Å². The van der Waals surface area contributed by atoms with Gasteiger partial charge in [0.2, 0.25) is 11.8 Å². The lowest BCUT2D eigenvalue weighted by atomic mass is 9.70. The quantitative estimate of drug-likeness (QED) is 0.177. The topological polar surface area (TPSA) is 55.3 Å². The van der Waals surface area contributed by atoms with Crippen LogP contribution >= 0.6 is 0 Å². The van der Waals surface area contributed by atoms with Crippen molar-refractivity contribution >= 4 is 39.3 Å². The Morgan fingerprint density at radius 3 is 1.23 bits per heavy atom. The molecule has 0 amide bonds. The van der Waals surface area contributed by atoms with Crippen LogP contribution in [0.3, 0.4) is 0 Å². The summed E-state index contributed by atoms with van der Waals surface area (Å²) in [4.78, 5) is 12.0.